The van der Waals surface area contributed by atoms with Crippen LogP contribution in [0.1, 0.15) is 38.5 Å². The molecular formula is C13H22FNO4S. The summed E-state index contributed by atoms with van der Waals surface area (Å²) in [6.45, 7) is 1.87. The van der Waals surface area contributed by atoms with Gasteiger partial charge in [0.05, 0.1) is 5.75 Å². The normalized spacial score (nSPS) is 25.6. The van der Waals surface area contributed by atoms with Gasteiger partial charge in [-0.3, -0.25) is 4.79 Å². The van der Waals surface area contributed by atoms with Crippen molar-refractivity contribution in [2.75, 3.05) is 25.5 Å². The molecule has 2 aliphatic rings. The lowest BCUT2D eigenvalue weighted by Crippen LogP contribution is -2.47. The molecule has 2 saturated heterocycles. The molecule has 0 bridgehead atoms. The first-order chi connectivity index (χ1) is 9.47. The Labute approximate surface area is 119 Å². The van der Waals surface area contributed by atoms with Gasteiger partial charge in [0.1, 0.15) is 0 Å². The predicted octanol–water partition coefficient (Wildman–Crippen LogP) is 1.48. The van der Waals surface area contributed by atoms with Crippen molar-refractivity contribution in [3.63, 3.8) is 0 Å². The van der Waals surface area contributed by atoms with E-state index < -0.39 is 16.0 Å². The number of ether oxygens (including phenoxy) is 1. The van der Waals surface area contributed by atoms with Crippen molar-refractivity contribution in [3.8, 4) is 0 Å². The Kier molecular flexibility index (Phi) is 5.37. The Morgan fingerprint density at radius 1 is 1.20 bits per heavy atom. The van der Waals surface area contributed by atoms with E-state index in [0.717, 1.165) is 32.1 Å². The van der Waals surface area contributed by atoms with Gasteiger partial charge in [-0.1, -0.05) is 0 Å². The molecule has 0 aliphatic carbocycles. The van der Waals surface area contributed by atoms with Crippen LogP contribution in [-0.2, 0) is 19.8 Å². The second kappa shape index (κ2) is 6.85. The topological polar surface area (TPSA) is 63.7 Å². The lowest BCUT2D eigenvalue weighted by molar-refractivity contribution is -0.142. The van der Waals surface area contributed by atoms with Gasteiger partial charge in [0.2, 0.25) is 5.91 Å². The highest BCUT2D eigenvalue weighted by Gasteiger charge is 2.32. The van der Waals surface area contributed by atoms with Crippen molar-refractivity contribution in [2.45, 2.75) is 44.6 Å². The molecule has 116 valence electrons. The molecule has 2 aliphatic heterocycles. The molecule has 0 N–H and O–H groups in total. The Bertz CT molecular complexity index is 434. The van der Waals surface area contributed by atoms with Crippen LogP contribution in [0.4, 0.5) is 3.89 Å². The third kappa shape index (κ3) is 4.41. The van der Waals surface area contributed by atoms with Gasteiger partial charge in [0.15, 0.2) is 0 Å². The number of amides is 1. The molecule has 1 atom stereocenters. The standard InChI is InChI=1S/C13H22FNO4S/c14-20(17,18)10-6-12-3-1-2-7-15(12)13(16)11-4-8-19-9-5-11/h11-12H,1-10H2/t12-/m1/s1. The van der Waals surface area contributed by atoms with Crippen LogP contribution in [0, 0.1) is 5.92 Å². The summed E-state index contributed by atoms with van der Waals surface area (Å²) in [6, 6.07) is -0.135. The molecule has 0 aromatic heterocycles. The summed E-state index contributed by atoms with van der Waals surface area (Å²) in [5.41, 5.74) is 0. The zero-order valence-electron chi connectivity index (χ0n) is 11.6. The molecule has 2 fully saturated rings. The predicted molar refractivity (Wildman–Crippen MR) is 72.4 cm³/mol. The van der Waals surface area contributed by atoms with E-state index in [2.05, 4.69) is 0 Å². The van der Waals surface area contributed by atoms with Crippen LogP contribution < -0.4 is 0 Å². The maximum absolute atomic E-state index is 12.7. The van der Waals surface area contributed by atoms with E-state index in [1.165, 1.54) is 0 Å². The van der Waals surface area contributed by atoms with E-state index in [0.29, 0.717) is 19.8 Å². The van der Waals surface area contributed by atoms with Gasteiger partial charge in [-0.25, -0.2) is 0 Å². The van der Waals surface area contributed by atoms with E-state index in [9.17, 15) is 17.1 Å². The monoisotopic (exact) mass is 307 g/mol. The minimum absolute atomic E-state index is 0.0219. The third-order valence-electron chi connectivity index (χ3n) is 4.18. The van der Waals surface area contributed by atoms with E-state index in [1.54, 1.807) is 4.90 Å². The lowest BCUT2D eigenvalue weighted by atomic mass is 9.94. The highest BCUT2D eigenvalue weighted by molar-refractivity contribution is 7.86. The highest BCUT2D eigenvalue weighted by Crippen LogP contribution is 2.25. The molecule has 0 saturated carbocycles. The van der Waals surface area contributed by atoms with Crippen molar-refractivity contribution < 1.29 is 21.8 Å². The number of nitrogens with zero attached hydrogens (tertiary/aromatic N) is 1. The number of hydrogen-bond donors (Lipinski definition) is 0. The Hall–Kier alpha value is -0.690. The fourth-order valence-electron chi connectivity index (χ4n) is 3.05. The van der Waals surface area contributed by atoms with Crippen molar-refractivity contribution in [3.05, 3.63) is 0 Å². The van der Waals surface area contributed by atoms with Gasteiger partial charge in [0.25, 0.3) is 0 Å². The average molecular weight is 307 g/mol. The van der Waals surface area contributed by atoms with Gasteiger partial charge >= 0.3 is 10.2 Å². The second-order valence-corrected chi connectivity index (χ2v) is 7.09. The summed E-state index contributed by atoms with van der Waals surface area (Å²) >= 11 is 0. The fraction of sp³-hybridized carbons (Fsp3) is 0.923. The van der Waals surface area contributed by atoms with Crippen molar-refractivity contribution in [1.29, 1.82) is 0 Å². The summed E-state index contributed by atoms with van der Waals surface area (Å²) in [5.74, 6) is -0.421. The summed E-state index contributed by atoms with van der Waals surface area (Å²) in [7, 11) is -4.46. The molecule has 0 spiro atoms. The van der Waals surface area contributed by atoms with Gasteiger partial charge in [-0.2, -0.15) is 8.42 Å². The number of carbonyl (C=O) groups is 1. The quantitative estimate of drug-likeness (QED) is 0.738. The van der Waals surface area contributed by atoms with Crippen LogP contribution in [0.15, 0.2) is 0 Å². The first-order valence-corrected chi connectivity index (χ1v) is 8.83. The Balaban J connectivity index is 1.96. The number of carbonyl (C=O) groups excluding carboxylic acids is 1. The maximum Gasteiger partial charge on any atom is 0.302 e. The zero-order chi connectivity index (χ0) is 14.6. The minimum Gasteiger partial charge on any atom is -0.381 e. The van der Waals surface area contributed by atoms with Crippen molar-refractivity contribution in [2.24, 2.45) is 5.92 Å². The number of likely N-dealkylation sites (tertiary alicyclic amines) is 1. The summed E-state index contributed by atoms with van der Waals surface area (Å²) < 4.78 is 39.3. The van der Waals surface area contributed by atoms with Crippen LogP contribution in [0.3, 0.4) is 0 Å². The van der Waals surface area contributed by atoms with E-state index in [4.69, 9.17) is 4.74 Å². The molecular weight excluding hydrogens is 285 g/mol. The molecule has 2 rings (SSSR count). The highest BCUT2D eigenvalue weighted by atomic mass is 32.3. The molecule has 0 unspecified atom stereocenters. The van der Waals surface area contributed by atoms with Gasteiger partial charge in [0, 0.05) is 31.7 Å². The average Bonchev–Trinajstić information content (AvgIpc) is 2.45. The number of piperidine rings is 1. The smallest absolute Gasteiger partial charge is 0.302 e. The molecule has 0 aromatic carbocycles. The van der Waals surface area contributed by atoms with Crippen molar-refractivity contribution >= 4 is 16.1 Å². The van der Waals surface area contributed by atoms with E-state index >= 15 is 0 Å². The van der Waals surface area contributed by atoms with E-state index in [1.807, 2.05) is 0 Å². The SMILES string of the molecule is O=C(C1CCOCC1)N1CCCC[C@@H]1CCS(=O)(=O)F. The van der Waals surface area contributed by atoms with Crippen LogP contribution in [-0.4, -0.2) is 50.8 Å². The lowest BCUT2D eigenvalue weighted by Gasteiger charge is -2.38. The number of rotatable bonds is 4. The first kappa shape index (κ1) is 15.7. The van der Waals surface area contributed by atoms with E-state index in [-0.39, 0.29) is 24.3 Å². The van der Waals surface area contributed by atoms with Gasteiger partial charge < -0.3 is 9.64 Å². The summed E-state index contributed by atoms with van der Waals surface area (Å²) in [4.78, 5) is 14.3. The summed E-state index contributed by atoms with van der Waals surface area (Å²) in [5, 5.41) is 0. The number of halogens is 1. The number of hydrogen-bond acceptors (Lipinski definition) is 4. The maximum atomic E-state index is 12.7. The van der Waals surface area contributed by atoms with Crippen LogP contribution in [0.2, 0.25) is 0 Å². The van der Waals surface area contributed by atoms with Crippen LogP contribution >= 0.6 is 0 Å². The molecule has 2 heterocycles. The van der Waals surface area contributed by atoms with Gasteiger partial charge in [-0.15, -0.1) is 3.89 Å². The molecule has 1 amide bonds. The van der Waals surface area contributed by atoms with Crippen LogP contribution in [0.25, 0.3) is 0 Å². The zero-order valence-corrected chi connectivity index (χ0v) is 12.4. The van der Waals surface area contributed by atoms with Gasteiger partial charge in [-0.05, 0) is 38.5 Å². The molecule has 0 aromatic rings. The van der Waals surface area contributed by atoms with Crippen LogP contribution in [0.5, 0.6) is 0 Å². The molecule has 20 heavy (non-hydrogen) atoms. The molecule has 5 nitrogen and oxygen atoms in total. The fourth-order valence-corrected chi connectivity index (χ4v) is 3.60. The third-order valence-corrected chi connectivity index (χ3v) is 4.90. The second-order valence-electron chi connectivity index (χ2n) is 5.60. The molecule has 0 radical (unpaired) electrons. The minimum atomic E-state index is -4.46. The van der Waals surface area contributed by atoms with Crippen molar-refractivity contribution in [1.82, 2.24) is 4.90 Å². The Morgan fingerprint density at radius 2 is 1.90 bits per heavy atom. The first-order valence-electron chi connectivity index (χ1n) is 7.28. The Morgan fingerprint density at radius 3 is 2.55 bits per heavy atom. The summed E-state index contributed by atoms with van der Waals surface area (Å²) in [6.07, 6.45) is 4.33. The molecule has 7 heteroatoms. The largest absolute Gasteiger partial charge is 0.381 e.